The molecule has 0 aliphatic rings. The number of esters is 1. The van der Waals surface area contributed by atoms with E-state index in [1.165, 1.54) is 0 Å². The van der Waals surface area contributed by atoms with Crippen LogP contribution in [0.1, 0.15) is 37.3 Å². The van der Waals surface area contributed by atoms with Gasteiger partial charge in [0, 0.05) is 12.3 Å². The van der Waals surface area contributed by atoms with E-state index in [9.17, 15) is 4.79 Å². The van der Waals surface area contributed by atoms with Gasteiger partial charge in [0.05, 0.1) is 6.61 Å². The van der Waals surface area contributed by atoms with Gasteiger partial charge in [0.15, 0.2) is 0 Å². The third-order valence-electron chi connectivity index (χ3n) is 4.70. The van der Waals surface area contributed by atoms with Gasteiger partial charge in [0.2, 0.25) is 0 Å². The maximum absolute atomic E-state index is 11.3. The van der Waals surface area contributed by atoms with Crippen molar-refractivity contribution in [1.29, 1.82) is 0 Å². The highest BCUT2D eigenvalue weighted by Crippen LogP contribution is 2.25. The smallest absolute Gasteiger partial charge is 0.305 e. The molecule has 0 aliphatic carbocycles. The Morgan fingerprint density at radius 1 is 0.857 bits per heavy atom. The summed E-state index contributed by atoms with van der Waals surface area (Å²) in [6, 6.07) is 26.7. The van der Waals surface area contributed by atoms with Gasteiger partial charge in [0.1, 0.15) is 12.4 Å². The summed E-state index contributed by atoms with van der Waals surface area (Å²) >= 11 is 0. The quantitative estimate of drug-likeness (QED) is 0.454. The molecule has 1 unspecified atom stereocenters. The topological polar surface area (TPSA) is 35.5 Å². The molecule has 1 atom stereocenters. The number of rotatable bonds is 8. The summed E-state index contributed by atoms with van der Waals surface area (Å²) in [5.41, 5.74) is 4.61. The second kappa shape index (κ2) is 9.75. The Bertz CT molecular complexity index is 868. The average molecular weight is 374 g/mol. The molecule has 0 N–H and O–H groups in total. The van der Waals surface area contributed by atoms with E-state index in [0.29, 0.717) is 19.6 Å². The van der Waals surface area contributed by atoms with E-state index in [-0.39, 0.29) is 11.9 Å². The molecule has 0 amide bonds. The molecule has 0 fully saturated rings. The van der Waals surface area contributed by atoms with Gasteiger partial charge in [-0.3, -0.25) is 4.79 Å². The van der Waals surface area contributed by atoms with Crippen molar-refractivity contribution in [3.05, 3.63) is 90.0 Å². The van der Waals surface area contributed by atoms with E-state index in [1.54, 1.807) is 6.92 Å². The van der Waals surface area contributed by atoms with Crippen LogP contribution in [0.15, 0.2) is 78.9 Å². The molecule has 3 heteroatoms. The van der Waals surface area contributed by atoms with Crippen molar-refractivity contribution in [3.63, 3.8) is 0 Å². The molecule has 144 valence electrons. The number of carbonyl (C=O) groups excluding carboxylic acids is 1. The molecule has 3 rings (SSSR count). The Labute approximate surface area is 166 Å². The fourth-order valence-corrected chi connectivity index (χ4v) is 2.90. The van der Waals surface area contributed by atoms with Gasteiger partial charge in [-0.25, -0.2) is 0 Å². The molecule has 0 heterocycles. The number of benzene rings is 3. The first-order valence-electron chi connectivity index (χ1n) is 9.68. The highest BCUT2D eigenvalue weighted by Gasteiger charge is 2.09. The Morgan fingerprint density at radius 2 is 1.46 bits per heavy atom. The lowest BCUT2D eigenvalue weighted by Gasteiger charge is -2.13. The summed E-state index contributed by atoms with van der Waals surface area (Å²) in [5, 5.41) is 0. The normalized spacial score (nSPS) is 11.6. The molecule has 0 saturated carbocycles. The first kappa shape index (κ1) is 19.7. The van der Waals surface area contributed by atoms with Crippen LogP contribution in [0.4, 0.5) is 0 Å². The lowest BCUT2D eigenvalue weighted by Crippen LogP contribution is -2.09. The molecule has 0 aromatic heterocycles. The van der Waals surface area contributed by atoms with Crippen LogP contribution in [0.25, 0.3) is 11.1 Å². The zero-order valence-corrected chi connectivity index (χ0v) is 16.4. The number of ether oxygens (including phenoxy) is 2. The highest BCUT2D eigenvalue weighted by atomic mass is 16.5. The van der Waals surface area contributed by atoms with Crippen molar-refractivity contribution in [2.75, 3.05) is 6.61 Å². The molecule has 28 heavy (non-hydrogen) atoms. The lowest BCUT2D eigenvalue weighted by molar-refractivity contribution is -0.143. The van der Waals surface area contributed by atoms with Crippen molar-refractivity contribution in [3.8, 4) is 16.9 Å². The molecular weight excluding hydrogens is 348 g/mol. The molecule has 3 aromatic rings. The molecule has 0 radical (unpaired) electrons. The zero-order chi connectivity index (χ0) is 19.8. The van der Waals surface area contributed by atoms with Crippen LogP contribution in [0.5, 0.6) is 5.75 Å². The summed E-state index contributed by atoms with van der Waals surface area (Å²) in [7, 11) is 0. The van der Waals surface area contributed by atoms with Gasteiger partial charge in [-0.05, 0) is 34.4 Å². The van der Waals surface area contributed by atoms with Crippen LogP contribution < -0.4 is 4.74 Å². The van der Waals surface area contributed by atoms with Crippen molar-refractivity contribution in [2.24, 2.45) is 0 Å². The minimum atomic E-state index is -0.155. The van der Waals surface area contributed by atoms with Crippen LogP contribution >= 0.6 is 0 Å². The van der Waals surface area contributed by atoms with E-state index in [4.69, 9.17) is 9.47 Å². The van der Waals surface area contributed by atoms with Crippen LogP contribution in [-0.2, 0) is 16.1 Å². The van der Waals surface area contributed by atoms with Crippen LogP contribution in [-0.4, -0.2) is 12.6 Å². The molecule has 3 nitrogen and oxygen atoms in total. The molecule has 0 saturated heterocycles. The highest BCUT2D eigenvalue weighted by molar-refractivity contribution is 5.69. The van der Waals surface area contributed by atoms with E-state index < -0.39 is 0 Å². The van der Waals surface area contributed by atoms with Gasteiger partial charge < -0.3 is 9.47 Å². The Morgan fingerprint density at radius 3 is 2.07 bits per heavy atom. The molecule has 0 bridgehead atoms. The van der Waals surface area contributed by atoms with Crippen LogP contribution in [0, 0.1) is 0 Å². The van der Waals surface area contributed by atoms with Gasteiger partial charge in [-0.2, -0.15) is 0 Å². The monoisotopic (exact) mass is 374 g/mol. The summed E-state index contributed by atoms with van der Waals surface area (Å²) in [6.07, 6.45) is 0.413. The van der Waals surface area contributed by atoms with Crippen molar-refractivity contribution < 1.29 is 14.3 Å². The number of carbonyl (C=O) groups is 1. The second-order valence-corrected chi connectivity index (χ2v) is 6.86. The summed E-state index contributed by atoms with van der Waals surface area (Å²) in [6.45, 7) is 4.85. The fourth-order valence-electron chi connectivity index (χ4n) is 2.90. The van der Waals surface area contributed by atoms with E-state index in [2.05, 4.69) is 55.5 Å². The summed E-state index contributed by atoms with van der Waals surface area (Å²) in [5.74, 6) is 0.881. The summed E-state index contributed by atoms with van der Waals surface area (Å²) in [4.78, 5) is 11.3. The minimum Gasteiger partial charge on any atom is -0.489 e. The predicted octanol–water partition coefficient (Wildman–Crippen LogP) is 5.99. The lowest BCUT2D eigenvalue weighted by atomic mass is 9.98. The van der Waals surface area contributed by atoms with Gasteiger partial charge in [-0.15, -0.1) is 0 Å². The summed E-state index contributed by atoms with van der Waals surface area (Å²) < 4.78 is 11.1. The first-order chi connectivity index (χ1) is 13.7. The van der Waals surface area contributed by atoms with Crippen molar-refractivity contribution in [1.82, 2.24) is 0 Å². The third kappa shape index (κ3) is 5.46. The number of hydrogen-bond acceptors (Lipinski definition) is 3. The van der Waals surface area contributed by atoms with Crippen LogP contribution in [0.3, 0.4) is 0 Å². The van der Waals surface area contributed by atoms with E-state index >= 15 is 0 Å². The first-order valence-corrected chi connectivity index (χ1v) is 9.68. The maximum atomic E-state index is 11.3. The van der Waals surface area contributed by atoms with E-state index in [0.717, 1.165) is 28.0 Å². The second-order valence-electron chi connectivity index (χ2n) is 6.86. The number of hydrogen-bond donors (Lipinski definition) is 0. The van der Waals surface area contributed by atoms with Gasteiger partial charge in [-0.1, -0.05) is 80.6 Å². The minimum absolute atomic E-state index is 0.155. The Balaban J connectivity index is 1.58. The van der Waals surface area contributed by atoms with Crippen molar-refractivity contribution >= 4 is 5.97 Å². The Hall–Kier alpha value is -3.07. The SMILES string of the molecule is CCC(=O)OCC(C)c1ccc(-c2ccc(OCc3ccccc3)cc2)cc1. The molecule has 3 aromatic carbocycles. The molecule has 0 aliphatic heterocycles. The fraction of sp³-hybridized carbons (Fsp3) is 0.240. The average Bonchev–Trinajstić information content (AvgIpc) is 2.77. The van der Waals surface area contributed by atoms with Crippen molar-refractivity contribution in [2.45, 2.75) is 32.8 Å². The van der Waals surface area contributed by atoms with Gasteiger partial charge in [0.25, 0.3) is 0 Å². The standard InChI is InChI=1S/C25H26O3/c1-3-25(26)28-17-19(2)21-9-11-22(12-10-21)23-13-15-24(16-14-23)27-18-20-7-5-4-6-8-20/h4-16,19H,3,17-18H2,1-2H3. The predicted molar refractivity (Wildman–Crippen MR) is 112 cm³/mol. The molecule has 0 spiro atoms. The molecular formula is C25H26O3. The van der Waals surface area contributed by atoms with E-state index in [1.807, 2.05) is 30.3 Å². The van der Waals surface area contributed by atoms with Gasteiger partial charge >= 0.3 is 5.97 Å². The zero-order valence-electron chi connectivity index (χ0n) is 16.4. The van der Waals surface area contributed by atoms with Crippen LogP contribution in [0.2, 0.25) is 0 Å². The Kier molecular flexibility index (Phi) is 6.85. The third-order valence-corrected chi connectivity index (χ3v) is 4.70. The maximum Gasteiger partial charge on any atom is 0.305 e. The largest absolute Gasteiger partial charge is 0.489 e.